The number of anilines is 1. The summed E-state index contributed by atoms with van der Waals surface area (Å²) in [7, 11) is 0. The van der Waals surface area contributed by atoms with Crippen molar-refractivity contribution in [2.75, 3.05) is 18.5 Å². The van der Waals surface area contributed by atoms with Crippen LogP contribution in [0.1, 0.15) is 10.4 Å². The van der Waals surface area contributed by atoms with Crippen LogP contribution in [0.4, 0.5) is 14.5 Å². The van der Waals surface area contributed by atoms with Crippen LogP contribution < -0.4 is 10.1 Å². The van der Waals surface area contributed by atoms with E-state index < -0.39 is 30.8 Å². The summed E-state index contributed by atoms with van der Waals surface area (Å²) in [5, 5.41) is 2.47. The normalized spacial score (nSPS) is 10.3. The van der Waals surface area contributed by atoms with Crippen LogP contribution in [0.5, 0.6) is 5.75 Å². The predicted molar refractivity (Wildman–Crippen MR) is 95.2 cm³/mol. The van der Waals surface area contributed by atoms with Crippen molar-refractivity contribution in [1.82, 2.24) is 0 Å². The van der Waals surface area contributed by atoms with E-state index in [1.165, 1.54) is 36.4 Å². The number of benzene rings is 2. The molecule has 1 amide bonds. The molecule has 0 radical (unpaired) electrons. The van der Waals surface area contributed by atoms with Gasteiger partial charge in [0, 0.05) is 10.6 Å². The zero-order valence-electron chi connectivity index (χ0n) is 13.9. The molecule has 0 heterocycles. The Morgan fingerprint density at radius 3 is 2.44 bits per heavy atom. The minimum atomic E-state index is -2.52. The lowest BCUT2D eigenvalue weighted by atomic mass is 10.2. The number of carbonyl (C=O) groups is 3. The van der Waals surface area contributed by atoms with Crippen molar-refractivity contribution in [2.24, 2.45) is 0 Å². The number of esters is 1. The highest BCUT2D eigenvalue weighted by atomic mass is 32.2. The lowest BCUT2D eigenvalue weighted by Crippen LogP contribution is -2.23. The zero-order valence-corrected chi connectivity index (χ0v) is 14.7. The summed E-state index contributed by atoms with van der Waals surface area (Å²) in [5.41, 5.74) is 0.669. The molecular formula is C18H15F2NO5S. The van der Waals surface area contributed by atoms with Crippen molar-refractivity contribution >= 4 is 35.6 Å². The number of ether oxygens (including phenoxy) is 2. The summed E-state index contributed by atoms with van der Waals surface area (Å²) in [4.78, 5) is 34.6. The van der Waals surface area contributed by atoms with Crippen LogP contribution in [0.25, 0.3) is 0 Å². The molecule has 0 saturated heterocycles. The van der Waals surface area contributed by atoms with Gasteiger partial charge in [0.2, 0.25) is 0 Å². The molecule has 142 valence electrons. The number of amides is 1. The molecule has 1 N–H and O–H groups in total. The molecule has 6 nitrogen and oxygen atoms in total. The van der Waals surface area contributed by atoms with Gasteiger partial charge in [-0.05, 0) is 36.4 Å². The Morgan fingerprint density at radius 2 is 1.78 bits per heavy atom. The van der Waals surface area contributed by atoms with Gasteiger partial charge in [0.05, 0.1) is 5.56 Å². The number of hydrogen-bond acceptors (Lipinski definition) is 6. The highest BCUT2D eigenvalue weighted by molar-refractivity contribution is 7.99. The Labute approximate surface area is 157 Å². The number of rotatable bonds is 9. The van der Waals surface area contributed by atoms with Gasteiger partial charge in [-0.1, -0.05) is 23.9 Å². The summed E-state index contributed by atoms with van der Waals surface area (Å²) in [5.74, 6) is -3.67. The van der Waals surface area contributed by atoms with Crippen LogP contribution in [0.15, 0.2) is 53.4 Å². The van der Waals surface area contributed by atoms with Crippen molar-refractivity contribution in [3.63, 3.8) is 0 Å². The molecule has 0 atom stereocenters. The molecule has 0 fully saturated rings. The Balaban J connectivity index is 1.74. The fourth-order valence-electron chi connectivity index (χ4n) is 1.95. The first-order valence-electron chi connectivity index (χ1n) is 7.65. The predicted octanol–water partition coefficient (Wildman–Crippen LogP) is 3.37. The second-order valence-electron chi connectivity index (χ2n) is 5.06. The lowest BCUT2D eigenvalue weighted by Gasteiger charge is -2.09. The largest absolute Gasteiger partial charge is 0.481 e. The van der Waals surface area contributed by atoms with E-state index in [2.05, 4.69) is 5.32 Å². The first-order chi connectivity index (χ1) is 13.0. The van der Waals surface area contributed by atoms with Gasteiger partial charge in [0.15, 0.2) is 19.5 Å². The van der Waals surface area contributed by atoms with Crippen LogP contribution in [0.3, 0.4) is 0 Å². The number of hydrogen-bond donors (Lipinski definition) is 1. The first kappa shape index (κ1) is 20.4. The molecule has 2 aromatic carbocycles. The van der Waals surface area contributed by atoms with Crippen LogP contribution in [-0.2, 0) is 14.3 Å². The van der Waals surface area contributed by atoms with E-state index in [1.807, 2.05) is 0 Å². The molecule has 9 heteroatoms. The van der Waals surface area contributed by atoms with Gasteiger partial charge in [-0.2, -0.15) is 8.78 Å². The number of aldehydes is 1. The standard InChI is InChI=1S/C18H15F2NO5S/c19-18(20)27-14-7-5-13(6-8-14)21-16(23)10-26-17(24)11-25-15-4-2-1-3-12(15)9-22/h1-9,18H,10-11H2,(H,21,23). The maximum atomic E-state index is 12.2. The fraction of sp³-hybridized carbons (Fsp3) is 0.167. The molecule has 0 bridgehead atoms. The van der Waals surface area contributed by atoms with E-state index in [-0.39, 0.29) is 11.3 Å². The van der Waals surface area contributed by atoms with Gasteiger partial charge in [0.1, 0.15) is 5.75 Å². The minimum Gasteiger partial charge on any atom is -0.481 e. The average molecular weight is 395 g/mol. The topological polar surface area (TPSA) is 81.7 Å². The second kappa shape index (κ2) is 10.3. The molecule has 27 heavy (non-hydrogen) atoms. The maximum Gasteiger partial charge on any atom is 0.344 e. The summed E-state index contributed by atoms with van der Waals surface area (Å²) in [6, 6.07) is 12.2. The third-order valence-electron chi connectivity index (χ3n) is 3.12. The Morgan fingerprint density at radius 1 is 1.07 bits per heavy atom. The minimum absolute atomic E-state index is 0.232. The monoisotopic (exact) mass is 395 g/mol. The van der Waals surface area contributed by atoms with Crippen LogP contribution >= 0.6 is 11.8 Å². The Bertz CT molecular complexity index is 799. The van der Waals surface area contributed by atoms with Crippen LogP contribution in [0, 0.1) is 0 Å². The quantitative estimate of drug-likeness (QED) is 0.398. The van der Waals surface area contributed by atoms with Crippen molar-refractivity contribution < 1.29 is 32.6 Å². The molecule has 0 aromatic heterocycles. The molecule has 2 aromatic rings. The van der Waals surface area contributed by atoms with Crippen molar-refractivity contribution in [3.05, 3.63) is 54.1 Å². The summed E-state index contributed by atoms with van der Waals surface area (Å²) < 4.78 is 34.4. The van der Waals surface area contributed by atoms with Gasteiger partial charge in [0.25, 0.3) is 11.7 Å². The molecular weight excluding hydrogens is 380 g/mol. The number of halogens is 2. The first-order valence-corrected chi connectivity index (χ1v) is 8.53. The van der Waals surface area contributed by atoms with Gasteiger partial charge in [-0.25, -0.2) is 4.79 Å². The SMILES string of the molecule is O=Cc1ccccc1OCC(=O)OCC(=O)Nc1ccc(SC(F)F)cc1. The fourth-order valence-corrected chi connectivity index (χ4v) is 2.45. The molecule has 0 aliphatic carbocycles. The van der Waals surface area contributed by atoms with E-state index in [9.17, 15) is 23.2 Å². The van der Waals surface area contributed by atoms with Gasteiger partial charge >= 0.3 is 5.97 Å². The third-order valence-corrected chi connectivity index (χ3v) is 3.84. The molecule has 0 saturated carbocycles. The van der Waals surface area contributed by atoms with Gasteiger partial charge in [-0.15, -0.1) is 0 Å². The zero-order chi connectivity index (χ0) is 19.6. The second-order valence-corrected chi connectivity index (χ2v) is 6.12. The van der Waals surface area contributed by atoms with E-state index in [0.717, 1.165) is 0 Å². The van der Waals surface area contributed by atoms with E-state index in [0.29, 0.717) is 28.6 Å². The van der Waals surface area contributed by atoms with Gasteiger partial charge in [-0.3, -0.25) is 9.59 Å². The summed E-state index contributed by atoms with van der Waals surface area (Å²) in [6.07, 6.45) is 0.596. The van der Waals surface area contributed by atoms with E-state index in [1.54, 1.807) is 12.1 Å². The van der Waals surface area contributed by atoms with Crippen LogP contribution in [0.2, 0.25) is 0 Å². The lowest BCUT2D eigenvalue weighted by molar-refractivity contribution is -0.149. The maximum absolute atomic E-state index is 12.2. The molecule has 0 spiro atoms. The van der Waals surface area contributed by atoms with Crippen molar-refractivity contribution in [3.8, 4) is 5.75 Å². The van der Waals surface area contributed by atoms with E-state index in [4.69, 9.17) is 9.47 Å². The molecule has 0 aliphatic rings. The van der Waals surface area contributed by atoms with Crippen LogP contribution in [-0.4, -0.2) is 37.1 Å². The Hall–Kier alpha value is -2.94. The van der Waals surface area contributed by atoms with Crippen molar-refractivity contribution in [1.29, 1.82) is 0 Å². The summed E-state index contributed by atoms with van der Waals surface area (Å²) in [6.45, 7) is -0.997. The summed E-state index contributed by atoms with van der Waals surface area (Å²) >= 11 is 0.395. The molecule has 0 unspecified atom stereocenters. The number of nitrogens with one attached hydrogen (secondary N) is 1. The van der Waals surface area contributed by atoms with Gasteiger partial charge < -0.3 is 14.8 Å². The average Bonchev–Trinajstić information content (AvgIpc) is 2.66. The molecule has 2 rings (SSSR count). The third kappa shape index (κ3) is 7.06. The molecule has 0 aliphatic heterocycles. The Kier molecular flexibility index (Phi) is 7.75. The highest BCUT2D eigenvalue weighted by Gasteiger charge is 2.11. The van der Waals surface area contributed by atoms with E-state index >= 15 is 0 Å². The number of thioether (sulfide) groups is 1. The number of para-hydroxylation sites is 1. The number of alkyl halides is 2. The highest BCUT2D eigenvalue weighted by Crippen LogP contribution is 2.26. The smallest absolute Gasteiger partial charge is 0.344 e. The number of carbonyl (C=O) groups excluding carboxylic acids is 3. The van der Waals surface area contributed by atoms with Crippen molar-refractivity contribution in [2.45, 2.75) is 10.7 Å².